The van der Waals surface area contributed by atoms with E-state index < -0.39 is 5.41 Å². The number of pyridine rings is 4. The van der Waals surface area contributed by atoms with Crippen molar-refractivity contribution >= 4 is 43.6 Å². The van der Waals surface area contributed by atoms with Crippen LogP contribution in [-0.2, 0) is 5.41 Å². The van der Waals surface area contributed by atoms with Crippen LogP contribution in [0.25, 0.3) is 54.7 Å². The summed E-state index contributed by atoms with van der Waals surface area (Å²) in [6, 6.07) is 42.7. The highest BCUT2D eigenvalue weighted by Gasteiger charge is 2.48. The van der Waals surface area contributed by atoms with E-state index in [2.05, 4.69) is 109 Å². The molecule has 4 aromatic carbocycles. The second-order valence-electron chi connectivity index (χ2n) is 10.7. The number of hydrogen-bond donors (Lipinski definition) is 0. The third kappa shape index (κ3) is 2.99. The minimum absolute atomic E-state index is 0.719. The summed E-state index contributed by atoms with van der Waals surface area (Å²) in [5.74, 6) is 0. The molecule has 9 rings (SSSR count). The fraction of sp³-hybridized carbons (Fsp3) is 0.0270. The van der Waals surface area contributed by atoms with Gasteiger partial charge in [-0.2, -0.15) is 0 Å². The lowest BCUT2D eigenvalue weighted by Gasteiger charge is -2.32. The van der Waals surface area contributed by atoms with E-state index in [4.69, 9.17) is 19.9 Å². The first-order chi connectivity index (χ1) is 20.3. The van der Waals surface area contributed by atoms with E-state index >= 15 is 0 Å². The average Bonchev–Trinajstić information content (AvgIpc) is 3.35. The number of fused-ring (bicyclic) bond motifs is 9. The smallest absolute Gasteiger partial charge is 0.106 e. The molecule has 4 heteroatoms. The second kappa shape index (κ2) is 8.26. The summed E-state index contributed by atoms with van der Waals surface area (Å²) in [6.45, 7) is 0. The molecule has 0 atom stereocenters. The van der Waals surface area contributed by atoms with Gasteiger partial charge in [0.2, 0.25) is 0 Å². The molecule has 0 amide bonds. The standard InChI is InChI=1S/C37H22N4/c1-3-11-29-27(9-1)28-10-2-4-12-30(28)37(29,31-19-17-25-15-13-23-7-5-21-38-33(23)35(25)40-31)32-20-18-26-16-14-24-8-6-22-39-34(24)36(26)41-32/h1-22H. The number of aromatic nitrogens is 4. The van der Waals surface area contributed by atoms with Gasteiger partial charge in [-0.15, -0.1) is 0 Å². The van der Waals surface area contributed by atoms with E-state index in [1.165, 1.54) is 22.3 Å². The van der Waals surface area contributed by atoms with E-state index in [0.717, 1.165) is 55.0 Å². The third-order valence-electron chi connectivity index (χ3n) is 8.58. The van der Waals surface area contributed by atoms with E-state index in [1.54, 1.807) is 0 Å². The molecule has 8 aromatic rings. The highest BCUT2D eigenvalue weighted by atomic mass is 14.8. The lowest BCUT2D eigenvalue weighted by Crippen LogP contribution is -2.31. The average molecular weight is 523 g/mol. The summed E-state index contributed by atoms with van der Waals surface area (Å²) in [5, 5.41) is 4.28. The molecule has 4 aromatic heterocycles. The van der Waals surface area contributed by atoms with Gasteiger partial charge < -0.3 is 0 Å². The van der Waals surface area contributed by atoms with Crippen LogP contribution in [0.2, 0.25) is 0 Å². The molecule has 0 bridgehead atoms. The highest BCUT2D eigenvalue weighted by molar-refractivity contribution is 6.04. The molecule has 1 aliphatic carbocycles. The van der Waals surface area contributed by atoms with Crippen LogP contribution in [0.3, 0.4) is 0 Å². The Kier molecular flexibility index (Phi) is 4.50. The number of benzene rings is 4. The van der Waals surface area contributed by atoms with Gasteiger partial charge in [0.05, 0.1) is 33.5 Å². The summed E-state index contributed by atoms with van der Waals surface area (Å²) in [6.07, 6.45) is 3.68. The predicted octanol–water partition coefficient (Wildman–Crippen LogP) is 8.24. The maximum atomic E-state index is 5.46. The quantitative estimate of drug-likeness (QED) is 0.215. The summed E-state index contributed by atoms with van der Waals surface area (Å²) in [4.78, 5) is 20.4. The Hall–Kier alpha value is -5.48. The molecule has 0 saturated carbocycles. The van der Waals surface area contributed by atoms with Crippen LogP contribution in [0.15, 0.2) is 134 Å². The Morgan fingerprint density at radius 1 is 0.366 bits per heavy atom. The number of rotatable bonds is 2. The van der Waals surface area contributed by atoms with E-state index in [-0.39, 0.29) is 0 Å². The maximum absolute atomic E-state index is 5.46. The van der Waals surface area contributed by atoms with E-state index in [0.29, 0.717) is 0 Å². The molecule has 4 heterocycles. The Bertz CT molecular complexity index is 2170. The normalized spacial score (nSPS) is 13.6. The fourth-order valence-corrected chi connectivity index (χ4v) is 6.78. The molecular weight excluding hydrogens is 500 g/mol. The third-order valence-corrected chi connectivity index (χ3v) is 8.58. The van der Waals surface area contributed by atoms with Crippen LogP contribution in [0.5, 0.6) is 0 Å². The predicted molar refractivity (Wildman–Crippen MR) is 165 cm³/mol. The first-order valence-corrected chi connectivity index (χ1v) is 13.8. The molecular formula is C37H22N4. The Balaban J connectivity index is 1.45. The van der Waals surface area contributed by atoms with Crippen LogP contribution >= 0.6 is 0 Å². The molecule has 0 N–H and O–H groups in total. The van der Waals surface area contributed by atoms with Crippen LogP contribution in [0.1, 0.15) is 22.5 Å². The summed E-state index contributed by atoms with van der Waals surface area (Å²) in [7, 11) is 0. The topological polar surface area (TPSA) is 51.6 Å². The minimum Gasteiger partial charge on any atom is -0.254 e. The van der Waals surface area contributed by atoms with Crippen molar-refractivity contribution in [1.29, 1.82) is 0 Å². The molecule has 0 radical (unpaired) electrons. The van der Waals surface area contributed by atoms with Crippen molar-refractivity contribution in [2.45, 2.75) is 5.41 Å². The Labute approximate surface area is 236 Å². The maximum Gasteiger partial charge on any atom is 0.106 e. The van der Waals surface area contributed by atoms with Crippen molar-refractivity contribution in [2.24, 2.45) is 0 Å². The molecule has 0 saturated heterocycles. The van der Waals surface area contributed by atoms with Gasteiger partial charge >= 0.3 is 0 Å². The van der Waals surface area contributed by atoms with Gasteiger partial charge in [-0.1, -0.05) is 97.1 Å². The van der Waals surface area contributed by atoms with Crippen molar-refractivity contribution in [3.63, 3.8) is 0 Å². The second-order valence-corrected chi connectivity index (χ2v) is 10.7. The van der Waals surface area contributed by atoms with Crippen molar-refractivity contribution < 1.29 is 0 Å². The Morgan fingerprint density at radius 2 is 0.780 bits per heavy atom. The molecule has 0 spiro atoms. The van der Waals surface area contributed by atoms with Gasteiger partial charge in [0.15, 0.2) is 0 Å². The first kappa shape index (κ1) is 22.3. The summed E-state index contributed by atoms with van der Waals surface area (Å²) >= 11 is 0. The highest BCUT2D eigenvalue weighted by Crippen LogP contribution is 2.55. The van der Waals surface area contributed by atoms with Gasteiger partial charge in [-0.3, -0.25) is 9.97 Å². The molecule has 190 valence electrons. The van der Waals surface area contributed by atoms with Crippen molar-refractivity contribution in [1.82, 2.24) is 19.9 Å². The van der Waals surface area contributed by atoms with Gasteiger partial charge in [0.25, 0.3) is 0 Å². The molecule has 0 aliphatic heterocycles. The zero-order valence-electron chi connectivity index (χ0n) is 22.0. The van der Waals surface area contributed by atoms with Crippen molar-refractivity contribution in [3.05, 3.63) is 156 Å². The SMILES string of the molecule is c1ccc2c(c1)-c1ccccc1C2(c1ccc2ccc3cccnc3c2n1)c1ccc2ccc3cccnc3c2n1. The van der Waals surface area contributed by atoms with Crippen LogP contribution in [0.4, 0.5) is 0 Å². The molecule has 0 fully saturated rings. The number of nitrogens with zero attached hydrogens (tertiary/aromatic N) is 4. The number of hydrogen-bond acceptors (Lipinski definition) is 4. The molecule has 1 aliphatic rings. The van der Waals surface area contributed by atoms with Gasteiger partial charge in [-0.25, -0.2) is 9.97 Å². The molecule has 4 nitrogen and oxygen atoms in total. The lowest BCUT2D eigenvalue weighted by atomic mass is 9.72. The lowest BCUT2D eigenvalue weighted by molar-refractivity contribution is 0.714. The molecule has 0 unspecified atom stereocenters. The zero-order valence-corrected chi connectivity index (χ0v) is 22.0. The van der Waals surface area contributed by atoms with E-state index in [9.17, 15) is 0 Å². The molecule has 41 heavy (non-hydrogen) atoms. The Morgan fingerprint density at radius 3 is 1.27 bits per heavy atom. The fourth-order valence-electron chi connectivity index (χ4n) is 6.78. The summed E-state index contributed by atoms with van der Waals surface area (Å²) < 4.78 is 0. The van der Waals surface area contributed by atoms with Gasteiger partial charge in [-0.05, 0) is 46.5 Å². The van der Waals surface area contributed by atoms with Gasteiger partial charge in [0.1, 0.15) is 5.41 Å². The van der Waals surface area contributed by atoms with Crippen LogP contribution in [0, 0.1) is 0 Å². The van der Waals surface area contributed by atoms with Crippen LogP contribution < -0.4 is 0 Å². The van der Waals surface area contributed by atoms with Gasteiger partial charge in [0, 0.05) is 33.9 Å². The van der Waals surface area contributed by atoms with E-state index in [1.807, 2.05) is 24.5 Å². The monoisotopic (exact) mass is 522 g/mol. The first-order valence-electron chi connectivity index (χ1n) is 13.8. The van der Waals surface area contributed by atoms with Crippen molar-refractivity contribution in [3.8, 4) is 11.1 Å². The van der Waals surface area contributed by atoms with Crippen LogP contribution in [-0.4, -0.2) is 19.9 Å². The largest absolute Gasteiger partial charge is 0.254 e. The van der Waals surface area contributed by atoms with Crippen molar-refractivity contribution in [2.75, 3.05) is 0 Å². The zero-order chi connectivity index (χ0) is 27.0. The summed E-state index contributed by atoms with van der Waals surface area (Å²) in [5.41, 5.74) is 9.53. The minimum atomic E-state index is -0.719.